The minimum atomic E-state index is -0.667. The number of pyridine rings is 1. The van der Waals surface area contributed by atoms with Gasteiger partial charge in [-0.3, -0.25) is 14.4 Å². The summed E-state index contributed by atoms with van der Waals surface area (Å²) in [7, 11) is 3.32. The first-order valence-electron chi connectivity index (χ1n) is 9.43. The number of nitrogens with zero attached hydrogens (tertiary/aromatic N) is 3. The SMILES string of the molecule is CCOc1cc(/C=N\NC(=O)Cn2ccccc2=O)ccc1O[C@@H](C)C(=O)N(C)C. The second-order valence-corrected chi connectivity index (χ2v) is 6.59. The van der Waals surface area contributed by atoms with E-state index in [1.165, 1.54) is 27.9 Å². The maximum atomic E-state index is 12.0. The normalized spacial score (nSPS) is 11.7. The van der Waals surface area contributed by atoms with Gasteiger partial charge in [-0.25, -0.2) is 5.43 Å². The van der Waals surface area contributed by atoms with Crippen LogP contribution in [0.1, 0.15) is 19.4 Å². The van der Waals surface area contributed by atoms with Crippen LogP contribution < -0.4 is 20.5 Å². The highest BCUT2D eigenvalue weighted by Gasteiger charge is 2.18. The number of aromatic nitrogens is 1. The zero-order chi connectivity index (χ0) is 22.1. The molecule has 9 heteroatoms. The van der Waals surface area contributed by atoms with Gasteiger partial charge in [0.15, 0.2) is 17.6 Å². The largest absolute Gasteiger partial charge is 0.490 e. The lowest BCUT2D eigenvalue weighted by atomic mass is 10.2. The van der Waals surface area contributed by atoms with Crippen LogP contribution in [0.3, 0.4) is 0 Å². The van der Waals surface area contributed by atoms with Crippen molar-refractivity contribution in [3.05, 3.63) is 58.5 Å². The fourth-order valence-electron chi connectivity index (χ4n) is 2.54. The van der Waals surface area contributed by atoms with Crippen molar-refractivity contribution in [3.63, 3.8) is 0 Å². The van der Waals surface area contributed by atoms with E-state index in [1.807, 2.05) is 6.92 Å². The van der Waals surface area contributed by atoms with E-state index in [9.17, 15) is 14.4 Å². The summed E-state index contributed by atoms with van der Waals surface area (Å²) in [6, 6.07) is 9.75. The zero-order valence-corrected chi connectivity index (χ0v) is 17.5. The molecule has 9 nitrogen and oxygen atoms in total. The summed E-state index contributed by atoms with van der Waals surface area (Å²) in [5, 5.41) is 3.91. The minimum Gasteiger partial charge on any atom is -0.490 e. The number of likely N-dealkylation sites (N-methyl/N-ethyl adjacent to an activating group) is 1. The Morgan fingerprint density at radius 2 is 2.00 bits per heavy atom. The monoisotopic (exact) mass is 414 g/mol. The molecule has 1 aromatic carbocycles. The molecular weight excluding hydrogens is 388 g/mol. The van der Waals surface area contributed by atoms with Gasteiger partial charge in [0.2, 0.25) is 0 Å². The molecule has 0 fully saturated rings. The molecule has 0 saturated heterocycles. The third kappa shape index (κ3) is 6.47. The summed E-state index contributed by atoms with van der Waals surface area (Å²) < 4.78 is 12.6. The van der Waals surface area contributed by atoms with Crippen molar-refractivity contribution in [1.29, 1.82) is 0 Å². The number of hydrogen-bond acceptors (Lipinski definition) is 6. The van der Waals surface area contributed by atoms with Gasteiger partial charge in [0.25, 0.3) is 17.4 Å². The number of hydrogen-bond donors (Lipinski definition) is 1. The molecule has 1 atom stereocenters. The van der Waals surface area contributed by atoms with Gasteiger partial charge in [-0.2, -0.15) is 5.10 Å². The molecule has 0 aliphatic carbocycles. The fraction of sp³-hybridized carbons (Fsp3) is 0.333. The molecule has 2 rings (SSSR count). The molecular formula is C21H26N4O5. The van der Waals surface area contributed by atoms with Crippen molar-refractivity contribution in [2.24, 2.45) is 5.10 Å². The van der Waals surface area contributed by atoms with E-state index in [2.05, 4.69) is 10.5 Å². The van der Waals surface area contributed by atoms with Crippen LogP contribution >= 0.6 is 0 Å². The smallest absolute Gasteiger partial charge is 0.262 e. The van der Waals surface area contributed by atoms with Crippen molar-refractivity contribution >= 4 is 18.0 Å². The predicted molar refractivity (Wildman–Crippen MR) is 113 cm³/mol. The first kappa shape index (κ1) is 22.7. The van der Waals surface area contributed by atoms with E-state index in [0.29, 0.717) is 23.7 Å². The lowest BCUT2D eigenvalue weighted by Crippen LogP contribution is -2.35. The van der Waals surface area contributed by atoms with Crippen LogP contribution in [-0.2, 0) is 16.1 Å². The molecule has 0 aliphatic rings. The van der Waals surface area contributed by atoms with Crippen LogP contribution in [0.25, 0.3) is 0 Å². The molecule has 1 heterocycles. The first-order valence-corrected chi connectivity index (χ1v) is 9.43. The predicted octanol–water partition coefficient (Wildman–Crippen LogP) is 1.25. The summed E-state index contributed by atoms with van der Waals surface area (Å²) in [5.74, 6) is 0.301. The van der Waals surface area contributed by atoms with Gasteiger partial charge in [0.05, 0.1) is 12.8 Å². The summed E-state index contributed by atoms with van der Waals surface area (Å²) in [4.78, 5) is 37.1. The van der Waals surface area contributed by atoms with E-state index >= 15 is 0 Å². The molecule has 0 bridgehead atoms. The van der Waals surface area contributed by atoms with Crippen molar-refractivity contribution in [1.82, 2.24) is 14.9 Å². The summed E-state index contributed by atoms with van der Waals surface area (Å²) in [6.45, 7) is 3.78. The highest BCUT2D eigenvalue weighted by Crippen LogP contribution is 2.29. The van der Waals surface area contributed by atoms with Gasteiger partial charge in [0.1, 0.15) is 6.54 Å². The third-order valence-electron chi connectivity index (χ3n) is 3.98. The van der Waals surface area contributed by atoms with E-state index < -0.39 is 12.0 Å². The first-order chi connectivity index (χ1) is 14.3. The van der Waals surface area contributed by atoms with Crippen LogP contribution in [-0.4, -0.2) is 54.3 Å². The van der Waals surface area contributed by atoms with E-state index in [1.54, 1.807) is 51.4 Å². The molecule has 30 heavy (non-hydrogen) atoms. The molecule has 0 saturated carbocycles. The number of ether oxygens (including phenoxy) is 2. The lowest BCUT2D eigenvalue weighted by Gasteiger charge is -2.20. The molecule has 1 N–H and O–H groups in total. The molecule has 0 radical (unpaired) electrons. The number of rotatable bonds is 9. The fourth-order valence-corrected chi connectivity index (χ4v) is 2.54. The summed E-state index contributed by atoms with van der Waals surface area (Å²) in [6.07, 6.45) is 2.31. The minimum absolute atomic E-state index is 0.133. The molecule has 1 aromatic heterocycles. The molecule has 0 aliphatic heterocycles. The van der Waals surface area contributed by atoms with Crippen LogP contribution in [0.15, 0.2) is 52.5 Å². The molecule has 2 aromatic rings. The maximum Gasteiger partial charge on any atom is 0.262 e. The van der Waals surface area contributed by atoms with E-state index in [-0.39, 0.29) is 18.0 Å². The Balaban J connectivity index is 2.04. The number of nitrogens with one attached hydrogen (secondary N) is 1. The van der Waals surface area contributed by atoms with Crippen LogP contribution in [0.2, 0.25) is 0 Å². The Bertz CT molecular complexity index is 968. The Labute approximate surface area is 174 Å². The molecule has 2 amide bonds. The number of amides is 2. The van der Waals surface area contributed by atoms with Crippen molar-refractivity contribution < 1.29 is 19.1 Å². The van der Waals surface area contributed by atoms with Crippen molar-refractivity contribution in [3.8, 4) is 11.5 Å². The zero-order valence-electron chi connectivity index (χ0n) is 17.5. The lowest BCUT2D eigenvalue weighted by molar-refractivity contribution is -0.135. The van der Waals surface area contributed by atoms with Crippen molar-refractivity contribution in [2.75, 3.05) is 20.7 Å². The van der Waals surface area contributed by atoms with Crippen LogP contribution in [0.4, 0.5) is 0 Å². The average Bonchev–Trinajstić information content (AvgIpc) is 2.71. The highest BCUT2D eigenvalue weighted by molar-refractivity contribution is 5.83. The average molecular weight is 414 g/mol. The Morgan fingerprint density at radius 1 is 1.23 bits per heavy atom. The van der Waals surface area contributed by atoms with Gasteiger partial charge in [-0.05, 0) is 43.7 Å². The van der Waals surface area contributed by atoms with Crippen LogP contribution in [0.5, 0.6) is 11.5 Å². The number of hydrazone groups is 1. The van der Waals surface area contributed by atoms with Crippen molar-refractivity contribution in [2.45, 2.75) is 26.5 Å². The van der Waals surface area contributed by atoms with Gasteiger partial charge in [-0.15, -0.1) is 0 Å². The molecule has 0 unspecified atom stereocenters. The summed E-state index contributed by atoms with van der Waals surface area (Å²) in [5.41, 5.74) is 2.77. The Kier molecular flexibility index (Phi) is 8.16. The topological polar surface area (TPSA) is 102 Å². The maximum absolute atomic E-state index is 12.0. The molecule has 160 valence electrons. The van der Waals surface area contributed by atoms with E-state index in [4.69, 9.17) is 9.47 Å². The second-order valence-electron chi connectivity index (χ2n) is 6.59. The Hall–Kier alpha value is -3.62. The summed E-state index contributed by atoms with van der Waals surface area (Å²) >= 11 is 0. The highest BCUT2D eigenvalue weighted by atomic mass is 16.5. The van der Waals surface area contributed by atoms with Gasteiger partial charge in [0, 0.05) is 26.4 Å². The quantitative estimate of drug-likeness (QED) is 0.492. The number of carbonyl (C=O) groups is 2. The van der Waals surface area contributed by atoms with Crippen LogP contribution in [0, 0.1) is 0 Å². The van der Waals surface area contributed by atoms with Gasteiger partial charge >= 0.3 is 0 Å². The standard InChI is InChI=1S/C21H26N4O5/c1-5-29-18-12-16(9-10-17(18)30-15(2)21(28)24(3)4)13-22-23-19(26)14-25-11-7-6-8-20(25)27/h6-13,15H,5,14H2,1-4H3,(H,23,26)/b22-13-/t15-/m0/s1. The third-order valence-corrected chi connectivity index (χ3v) is 3.98. The van der Waals surface area contributed by atoms with E-state index in [0.717, 1.165) is 0 Å². The number of benzene rings is 1. The number of carbonyl (C=O) groups excluding carboxylic acids is 2. The van der Waals surface area contributed by atoms with Gasteiger partial charge in [-0.1, -0.05) is 6.07 Å². The second kappa shape index (κ2) is 10.8. The molecule has 0 spiro atoms. The van der Waals surface area contributed by atoms with Gasteiger partial charge < -0.3 is 18.9 Å². The Morgan fingerprint density at radius 3 is 2.67 bits per heavy atom.